The maximum absolute atomic E-state index is 4.61. The summed E-state index contributed by atoms with van der Waals surface area (Å²) in [6.07, 6.45) is 1.95. The smallest absolute Gasteiger partial charge is 0.103 e. The molecule has 0 radical (unpaired) electrons. The Morgan fingerprint density at radius 2 is 1.82 bits per heavy atom. The highest BCUT2D eigenvalue weighted by molar-refractivity contribution is 9.10. The summed E-state index contributed by atoms with van der Waals surface area (Å²) in [6.45, 7) is 5.44. The van der Waals surface area contributed by atoms with Crippen LogP contribution in [0.15, 0.2) is 64.2 Å². The topological polar surface area (TPSA) is 20.0 Å². The van der Waals surface area contributed by atoms with Crippen molar-refractivity contribution in [1.82, 2.24) is 5.01 Å². The number of quaternary nitrogens is 1. The van der Waals surface area contributed by atoms with Crippen LogP contribution in [-0.4, -0.2) is 37.4 Å². The molecule has 0 spiro atoms. The van der Waals surface area contributed by atoms with Gasteiger partial charge in [0.25, 0.3) is 0 Å². The first kappa shape index (κ1) is 15.3. The van der Waals surface area contributed by atoms with Crippen molar-refractivity contribution in [3.8, 4) is 0 Å². The van der Waals surface area contributed by atoms with E-state index in [1.165, 1.54) is 5.56 Å². The fourth-order valence-electron chi connectivity index (χ4n) is 2.72. The van der Waals surface area contributed by atoms with E-state index in [9.17, 15) is 0 Å². The third-order valence-electron chi connectivity index (χ3n) is 3.96. The number of benzene rings is 2. The molecule has 1 aliphatic heterocycles. The highest BCUT2D eigenvalue weighted by Crippen LogP contribution is 2.10. The average molecular weight is 359 g/mol. The van der Waals surface area contributed by atoms with Crippen molar-refractivity contribution in [2.24, 2.45) is 5.10 Å². The van der Waals surface area contributed by atoms with E-state index in [0.29, 0.717) is 0 Å². The number of rotatable bonds is 4. The first-order chi connectivity index (χ1) is 10.8. The third-order valence-corrected chi connectivity index (χ3v) is 4.46. The molecule has 0 bridgehead atoms. The Morgan fingerprint density at radius 3 is 2.55 bits per heavy atom. The summed E-state index contributed by atoms with van der Waals surface area (Å²) in [7, 11) is 0. The Bertz CT molecular complexity index is 619. The molecular formula is C18H21BrN3+. The van der Waals surface area contributed by atoms with E-state index in [4.69, 9.17) is 0 Å². The first-order valence-electron chi connectivity index (χ1n) is 7.71. The van der Waals surface area contributed by atoms with Gasteiger partial charge in [-0.1, -0.05) is 58.4 Å². The van der Waals surface area contributed by atoms with Crippen molar-refractivity contribution in [2.75, 3.05) is 26.2 Å². The van der Waals surface area contributed by atoms with Crippen molar-refractivity contribution in [2.45, 2.75) is 6.54 Å². The van der Waals surface area contributed by atoms with Gasteiger partial charge in [-0.2, -0.15) is 5.10 Å². The quantitative estimate of drug-likeness (QED) is 0.830. The molecule has 3 rings (SSSR count). The summed E-state index contributed by atoms with van der Waals surface area (Å²) < 4.78 is 1.09. The van der Waals surface area contributed by atoms with Gasteiger partial charge in [0.2, 0.25) is 0 Å². The molecule has 1 N–H and O–H groups in total. The highest BCUT2D eigenvalue weighted by atomic mass is 79.9. The van der Waals surface area contributed by atoms with E-state index in [1.807, 2.05) is 18.3 Å². The minimum atomic E-state index is 1.02. The van der Waals surface area contributed by atoms with E-state index in [-0.39, 0.29) is 0 Å². The molecule has 1 saturated heterocycles. The predicted octanol–water partition coefficient (Wildman–Crippen LogP) is 2.18. The van der Waals surface area contributed by atoms with Gasteiger partial charge < -0.3 is 4.90 Å². The molecule has 2 aromatic rings. The summed E-state index contributed by atoms with van der Waals surface area (Å²) in [4.78, 5) is 1.64. The second-order valence-electron chi connectivity index (χ2n) is 5.67. The summed E-state index contributed by atoms with van der Waals surface area (Å²) in [5, 5.41) is 6.79. The Labute approximate surface area is 140 Å². The van der Waals surface area contributed by atoms with Crippen LogP contribution in [0.4, 0.5) is 0 Å². The molecule has 0 saturated carbocycles. The van der Waals surface area contributed by atoms with Crippen molar-refractivity contribution in [3.63, 3.8) is 0 Å². The van der Waals surface area contributed by atoms with Crippen LogP contribution >= 0.6 is 15.9 Å². The van der Waals surface area contributed by atoms with Gasteiger partial charge in [-0.15, -0.1) is 0 Å². The van der Waals surface area contributed by atoms with Crippen LogP contribution in [0.1, 0.15) is 11.1 Å². The van der Waals surface area contributed by atoms with Gasteiger partial charge in [0, 0.05) is 10.0 Å². The second kappa shape index (κ2) is 7.56. The Balaban J connectivity index is 1.49. The zero-order valence-electron chi connectivity index (χ0n) is 12.6. The van der Waals surface area contributed by atoms with Crippen LogP contribution in [0.2, 0.25) is 0 Å². The fraction of sp³-hybridized carbons (Fsp3) is 0.278. The van der Waals surface area contributed by atoms with Gasteiger partial charge in [0.15, 0.2) is 0 Å². The lowest BCUT2D eigenvalue weighted by atomic mass is 10.2. The van der Waals surface area contributed by atoms with E-state index in [0.717, 1.165) is 42.8 Å². The number of hydrogen-bond acceptors (Lipinski definition) is 2. The number of halogens is 1. The van der Waals surface area contributed by atoms with Gasteiger partial charge in [-0.05, 0) is 17.7 Å². The van der Waals surface area contributed by atoms with Crippen LogP contribution in [0.5, 0.6) is 0 Å². The zero-order valence-corrected chi connectivity index (χ0v) is 14.2. The van der Waals surface area contributed by atoms with Crippen molar-refractivity contribution >= 4 is 22.1 Å². The molecular weight excluding hydrogens is 338 g/mol. The largest absolute Gasteiger partial charge is 0.328 e. The summed E-state index contributed by atoms with van der Waals surface area (Å²) >= 11 is 3.49. The number of hydrazone groups is 1. The van der Waals surface area contributed by atoms with Gasteiger partial charge >= 0.3 is 0 Å². The Kier molecular flexibility index (Phi) is 5.24. The number of nitrogens with zero attached hydrogens (tertiary/aromatic N) is 2. The van der Waals surface area contributed by atoms with E-state index < -0.39 is 0 Å². The standard InChI is InChI=1S/C18H20BrN3/c19-18-8-4-7-17(13-18)14-20-22-11-9-21(10-12-22)15-16-5-2-1-3-6-16/h1-8,13-14H,9-12,15H2/p+1/b20-14+. The number of hydrogen-bond donors (Lipinski definition) is 1. The molecule has 22 heavy (non-hydrogen) atoms. The van der Waals surface area contributed by atoms with Crippen LogP contribution in [0.3, 0.4) is 0 Å². The monoisotopic (exact) mass is 358 g/mol. The van der Waals surface area contributed by atoms with E-state index >= 15 is 0 Å². The summed E-state index contributed by atoms with van der Waals surface area (Å²) in [5.41, 5.74) is 2.55. The molecule has 0 amide bonds. The van der Waals surface area contributed by atoms with Gasteiger partial charge in [-0.25, -0.2) is 0 Å². The van der Waals surface area contributed by atoms with Crippen molar-refractivity contribution in [1.29, 1.82) is 0 Å². The SMILES string of the molecule is Brc1cccc(/C=N/N2CC[NH+](Cc3ccccc3)CC2)c1. The van der Waals surface area contributed by atoms with Crippen LogP contribution in [-0.2, 0) is 6.54 Å². The lowest BCUT2D eigenvalue weighted by molar-refractivity contribution is -0.918. The molecule has 2 aromatic carbocycles. The molecule has 114 valence electrons. The molecule has 0 atom stereocenters. The molecule has 0 aromatic heterocycles. The average Bonchev–Trinajstić information content (AvgIpc) is 2.55. The third kappa shape index (κ3) is 4.42. The lowest BCUT2D eigenvalue weighted by Crippen LogP contribution is -3.13. The summed E-state index contributed by atoms with van der Waals surface area (Å²) in [6, 6.07) is 19.0. The normalized spacial score (nSPS) is 16.3. The maximum atomic E-state index is 4.61. The maximum Gasteiger partial charge on any atom is 0.103 e. The Hall–Kier alpha value is -1.65. The van der Waals surface area contributed by atoms with Crippen LogP contribution in [0.25, 0.3) is 0 Å². The highest BCUT2D eigenvalue weighted by Gasteiger charge is 2.18. The fourth-order valence-corrected chi connectivity index (χ4v) is 3.14. The molecule has 3 nitrogen and oxygen atoms in total. The van der Waals surface area contributed by atoms with Gasteiger partial charge in [-0.3, -0.25) is 5.01 Å². The molecule has 1 aliphatic rings. The molecule has 0 unspecified atom stereocenters. The zero-order chi connectivity index (χ0) is 15.2. The van der Waals surface area contributed by atoms with Crippen LogP contribution < -0.4 is 4.90 Å². The minimum absolute atomic E-state index is 1.02. The van der Waals surface area contributed by atoms with Gasteiger partial charge in [0.05, 0.1) is 32.4 Å². The number of nitrogens with one attached hydrogen (secondary N) is 1. The second-order valence-corrected chi connectivity index (χ2v) is 6.58. The van der Waals surface area contributed by atoms with Gasteiger partial charge in [0.1, 0.15) is 6.54 Å². The minimum Gasteiger partial charge on any atom is -0.328 e. The first-order valence-corrected chi connectivity index (χ1v) is 8.51. The predicted molar refractivity (Wildman–Crippen MR) is 94.2 cm³/mol. The lowest BCUT2D eigenvalue weighted by Gasteiger charge is -2.30. The summed E-state index contributed by atoms with van der Waals surface area (Å²) in [5.74, 6) is 0. The molecule has 4 heteroatoms. The number of piperazine rings is 1. The van der Waals surface area contributed by atoms with Crippen LogP contribution in [0, 0.1) is 0 Å². The van der Waals surface area contributed by atoms with E-state index in [1.54, 1.807) is 4.90 Å². The van der Waals surface area contributed by atoms with E-state index in [2.05, 4.69) is 68.5 Å². The van der Waals surface area contributed by atoms with Crippen molar-refractivity contribution in [3.05, 3.63) is 70.2 Å². The van der Waals surface area contributed by atoms with Crippen molar-refractivity contribution < 1.29 is 4.90 Å². The molecule has 1 heterocycles. The Morgan fingerprint density at radius 1 is 1.05 bits per heavy atom. The molecule has 0 aliphatic carbocycles. The molecule has 1 fully saturated rings.